The SMILES string of the molecule is COc1cc(CC2C=C(c3ccccc3)CCN2C)cc(OC)c1OC.Cl. The van der Waals surface area contributed by atoms with Crippen LogP contribution in [0.25, 0.3) is 5.57 Å². The Morgan fingerprint density at radius 3 is 2.15 bits per heavy atom. The van der Waals surface area contributed by atoms with Crippen LogP contribution in [-0.2, 0) is 6.42 Å². The average Bonchev–Trinajstić information content (AvgIpc) is 2.69. The van der Waals surface area contributed by atoms with E-state index < -0.39 is 0 Å². The van der Waals surface area contributed by atoms with Gasteiger partial charge >= 0.3 is 0 Å². The highest BCUT2D eigenvalue weighted by Crippen LogP contribution is 2.39. The predicted octanol–water partition coefficient (Wildman–Crippen LogP) is 4.46. The fraction of sp³-hybridized carbons (Fsp3) is 0.364. The maximum Gasteiger partial charge on any atom is 0.203 e. The summed E-state index contributed by atoms with van der Waals surface area (Å²) in [6.07, 6.45) is 4.36. The number of methoxy groups -OCH3 is 3. The van der Waals surface area contributed by atoms with Crippen LogP contribution in [0.4, 0.5) is 0 Å². The average molecular weight is 390 g/mol. The van der Waals surface area contributed by atoms with Gasteiger partial charge in [0.05, 0.1) is 21.3 Å². The van der Waals surface area contributed by atoms with E-state index in [1.165, 1.54) is 16.7 Å². The van der Waals surface area contributed by atoms with Crippen LogP contribution in [0.5, 0.6) is 17.2 Å². The van der Waals surface area contributed by atoms with E-state index >= 15 is 0 Å². The van der Waals surface area contributed by atoms with Gasteiger partial charge in [-0.2, -0.15) is 0 Å². The van der Waals surface area contributed by atoms with Gasteiger partial charge in [-0.15, -0.1) is 12.4 Å². The van der Waals surface area contributed by atoms with E-state index in [0.29, 0.717) is 23.3 Å². The van der Waals surface area contributed by atoms with Crippen LogP contribution in [0.15, 0.2) is 48.5 Å². The zero-order valence-electron chi connectivity index (χ0n) is 16.4. The molecule has 0 bridgehead atoms. The molecule has 1 unspecified atom stereocenters. The van der Waals surface area contributed by atoms with Crippen molar-refractivity contribution in [2.45, 2.75) is 18.9 Å². The summed E-state index contributed by atoms with van der Waals surface area (Å²) in [6.45, 7) is 1.05. The molecule has 1 aliphatic rings. The summed E-state index contributed by atoms with van der Waals surface area (Å²) >= 11 is 0. The zero-order valence-corrected chi connectivity index (χ0v) is 17.2. The lowest BCUT2D eigenvalue weighted by Crippen LogP contribution is -2.36. The first-order chi connectivity index (χ1) is 12.7. The molecule has 27 heavy (non-hydrogen) atoms. The summed E-state index contributed by atoms with van der Waals surface area (Å²) in [6, 6.07) is 15.1. The fourth-order valence-electron chi connectivity index (χ4n) is 3.51. The van der Waals surface area contributed by atoms with Gasteiger partial charge in [0.2, 0.25) is 5.75 Å². The van der Waals surface area contributed by atoms with E-state index in [1.54, 1.807) is 21.3 Å². The molecule has 0 fully saturated rings. The summed E-state index contributed by atoms with van der Waals surface area (Å²) in [7, 11) is 7.12. The lowest BCUT2D eigenvalue weighted by molar-refractivity contribution is 0.276. The van der Waals surface area contributed by atoms with Gasteiger partial charge in [-0.25, -0.2) is 0 Å². The Kier molecular flexibility index (Phi) is 7.57. The van der Waals surface area contributed by atoms with Crippen LogP contribution in [-0.4, -0.2) is 45.9 Å². The molecule has 3 rings (SSSR count). The van der Waals surface area contributed by atoms with Crippen molar-refractivity contribution >= 4 is 18.0 Å². The third-order valence-electron chi connectivity index (χ3n) is 5.01. The Balaban J connectivity index is 0.00000261. The number of benzene rings is 2. The van der Waals surface area contributed by atoms with Crippen molar-refractivity contribution in [2.75, 3.05) is 34.9 Å². The number of likely N-dealkylation sites (N-methyl/N-ethyl adjacent to an activating group) is 1. The van der Waals surface area contributed by atoms with Crippen LogP contribution in [0, 0.1) is 0 Å². The van der Waals surface area contributed by atoms with E-state index in [0.717, 1.165) is 19.4 Å². The predicted molar refractivity (Wildman–Crippen MR) is 113 cm³/mol. The minimum atomic E-state index is 0. The van der Waals surface area contributed by atoms with Crippen LogP contribution in [0.2, 0.25) is 0 Å². The Labute approximate surface area is 168 Å². The largest absolute Gasteiger partial charge is 0.493 e. The second kappa shape index (κ2) is 9.67. The van der Waals surface area contributed by atoms with Crippen molar-refractivity contribution in [1.82, 2.24) is 4.90 Å². The Bertz CT molecular complexity index is 751. The molecule has 4 nitrogen and oxygen atoms in total. The molecule has 146 valence electrons. The number of hydrogen-bond donors (Lipinski definition) is 0. The van der Waals surface area contributed by atoms with Gasteiger partial charge in [-0.05, 0) is 48.7 Å². The zero-order chi connectivity index (χ0) is 18.5. The number of halogens is 1. The smallest absolute Gasteiger partial charge is 0.203 e. The van der Waals surface area contributed by atoms with Crippen molar-refractivity contribution in [2.24, 2.45) is 0 Å². The van der Waals surface area contributed by atoms with Gasteiger partial charge in [0, 0.05) is 12.6 Å². The van der Waals surface area contributed by atoms with E-state index in [9.17, 15) is 0 Å². The third kappa shape index (κ3) is 4.76. The van der Waals surface area contributed by atoms with Crippen LogP contribution < -0.4 is 14.2 Å². The topological polar surface area (TPSA) is 30.9 Å². The minimum Gasteiger partial charge on any atom is -0.493 e. The summed E-state index contributed by atoms with van der Waals surface area (Å²) in [4.78, 5) is 2.40. The van der Waals surface area contributed by atoms with Crippen LogP contribution in [0.3, 0.4) is 0 Å². The Morgan fingerprint density at radius 1 is 0.963 bits per heavy atom. The highest BCUT2D eigenvalue weighted by molar-refractivity contribution is 5.85. The van der Waals surface area contributed by atoms with Crippen molar-refractivity contribution in [3.8, 4) is 17.2 Å². The highest BCUT2D eigenvalue weighted by Gasteiger charge is 2.21. The van der Waals surface area contributed by atoms with Crippen molar-refractivity contribution < 1.29 is 14.2 Å². The molecule has 1 aliphatic heterocycles. The molecule has 2 aromatic rings. The molecule has 0 N–H and O–H groups in total. The van der Waals surface area contributed by atoms with E-state index in [-0.39, 0.29) is 12.4 Å². The lowest BCUT2D eigenvalue weighted by atomic mass is 9.93. The van der Waals surface area contributed by atoms with Crippen molar-refractivity contribution in [3.05, 3.63) is 59.7 Å². The van der Waals surface area contributed by atoms with E-state index in [2.05, 4.69) is 48.4 Å². The highest BCUT2D eigenvalue weighted by atomic mass is 35.5. The first-order valence-electron chi connectivity index (χ1n) is 8.91. The first-order valence-corrected chi connectivity index (χ1v) is 8.91. The molecule has 0 aliphatic carbocycles. The van der Waals surface area contributed by atoms with Gasteiger partial charge in [-0.3, -0.25) is 4.90 Å². The van der Waals surface area contributed by atoms with E-state index in [1.807, 2.05) is 12.1 Å². The summed E-state index contributed by atoms with van der Waals surface area (Å²) < 4.78 is 16.4. The summed E-state index contributed by atoms with van der Waals surface area (Å²) in [5, 5.41) is 0. The minimum absolute atomic E-state index is 0. The number of ether oxygens (including phenoxy) is 3. The van der Waals surface area contributed by atoms with Gasteiger partial charge in [0.25, 0.3) is 0 Å². The molecule has 0 saturated carbocycles. The van der Waals surface area contributed by atoms with Gasteiger partial charge in [0.1, 0.15) is 0 Å². The molecule has 0 aromatic heterocycles. The second-order valence-corrected chi connectivity index (χ2v) is 6.59. The molecule has 0 spiro atoms. The number of hydrogen-bond acceptors (Lipinski definition) is 4. The first kappa shape index (κ1) is 21.1. The summed E-state index contributed by atoms with van der Waals surface area (Å²) in [5.74, 6) is 2.04. The quantitative estimate of drug-likeness (QED) is 0.729. The molecule has 0 radical (unpaired) electrons. The number of rotatable bonds is 6. The maximum atomic E-state index is 5.49. The van der Waals surface area contributed by atoms with Crippen LogP contribution >= 0.6 is 12.4 Å². The molecular formula is C22H28ClNO3. The molecular weight excluding hydrogens is 362 g/mol. The third-order valence-corrected chi connectivity index (χ3v) is 5.01. The van der Waals surface area contributed by atoms with Crippen molar-refractivity contribution in [1.29, 1.82) is 0 Å². The molecule has 5 heteroatoms. The maximum absolute atomic E-state index is 5.49. The fourth-order valence-corrected chi connectivity index (χ4v) is 3.51. The molecule has 0 amide bonds. The second-order valence-electron chi connectivity index (χ2n) is 6.59. The van der Waals surface area contributed by atoms with E-state index in [4.69, 9.17) is 14.2 Å². The van der Waals surface area contributed by atoms with Crippen molar-refractivity contribution in [3.63, 3.8) is 0 Å². The molecule has 2 aromatic carbocycles. The normalized spacial score (nSPS) is 16.9. The number of nitrogens with zero attached hydrogens (tertiary/aromatic N) is 1. The standard InChI is InChI=1S/C22H27NO3.ClH/c1-23-11-10-18(17-8-6-5-7-9-17)15-19(23)12-16-13-20(24-2)22(26-4)21(14-16)25-3;/h5-9,13-15,19H,10-12H2,1-4H3;1H. The van der Waals surface area contributed by atoms with Gasteiger partial charge in [0.15, 0.2) is 11.5 Å². The molecule has 0 saturated heterocycles. The van der Waals surface area contributed by atoms with Gasteiger partial charge < -0.3 is 14.2 Å². The monoisotopic (exact) mass is 389 g/mol. The molecule has 1 atom stereocenters. The molecule has 1 heterocycles. The Hall–Kier alpha value is -2.17. The van der Waals surface area contributed by atoms with Crippen LogP contribution in [0.1, 0.15) is 17.5 Å². The lowest BCUT2D eigenvalue weighted by Gasteiger charge is -2.32. The Morgan fingerprint density at radius 2 is 1.59 bits per heavy atom. The summed E-state index contributed by atoms with van der Waals surface area (Å²) in [5.41, 5.74) is 3.90. The van der Waals surface area contributed by atoms with Gasteiger partial charge in [-0.1, -0.05) is 36.4 Å².